The lowest BCUT2D eigenvalue weighted by Gasteiger charge is -2.03. The highest BCUT2D eigenvalue weighted by atomic mass is 16.2. The first-order valence-corrected chi connectivity index (χ1v) is 5.35. The molecule has 2 aromatic heterocycles. The van der Waals surface area contributed by atoms with Gasteiger partial charge in [-0.2, -0.15) is 10.4 Å². The number of hydrogen-bond acceptors (Lipinski definition) is 5. The van der Waals surface area contributed by atoms with Gasteiger partial charge < -0.3 is 10.6 Å². The molecular weight excluding hydrogens is 248 g/mol. The highest BCUT2D eigenvalue weighted by molar-refractivity contribution is 5.99. The second-order valence-electron chi connectivity index (χ2n) is 3.83. The van der Waals surface area contributed by atoms with Gasteiger partial charge in [0.25, 0.3) is 0 Å². The van der Waals surface area contributed by atoms with Crippen LogP contribution in [0.4, 0.5) is 11.6 Å². The van der Waals surface area contributed by atoms with E-state index in [0.717, 1.165) is 0 Å². The maximum atomic E-state index is 11.0. The molecule has 8 heteroatoms. The third-order valence-electron chi connectivity index (χ3n) is 2.26. The second-order valence-corrected chi connectivity index (χ2v) is 3.83. The van der Waals surface area contributed by atoms with Crippen LogP contribution in [0.5, 0.6) is 0 Å². The maximum Gasteiger partial charge on any atom is 0.222 e. The quantitative estimate of drug-likeness (QED) is 0.733. The molecule has 0 saturated heterocycles. The first-order valence-electron chi connectivity index (χ1n) is 5.35. The summed E-state index contributed by atoms with van der Waals surface area (Å²) in [6.07, 6.45) is 0. The molecule has 0 unspecified atom stereocenters. The van der Waals surface area contributed by atoms with Crippen LogP contribution < -0.4 is 10.6 Å². The minimum atomic E-state index is -0.329. The van der Waals surface area contributed by atoms with Crippen LogP contribution in [0.1, 0.15) is 19.4 Å². The van der Waals surface area contributed by atoms with Crippen LogP contribution in [0, 0.1) is 11.3 Å². The van der Waals surface area contributed by atoms with Crippen LogP contribution >= 0.6 is 0 Å². The van der Waals surface area contributed by atoms with E-state index in [-0.39, 0.29) is 23.2 Å². The number of amides is 2. The fraction of sp³-hybridized carbons (Fsp3) is 0.182. The maximum absolute atomic E-state index is 11.0. The van der Waals surface area contributed by atoms with E-state index in [1.54, 1.807) is 0 Å². The van der Waals surface area contributed by atoms with Gasteiger partial charge in [0.2, 0.25) is 11.8 Å². The van der Waals surface area contributed by atoms with Crippen LogP contribution in [-0.4, -0.2) is 27.0 Å². The Balaban J connectivity index is 2.56. The van der Waals surface area contributed by atoms with E-state index in [0.29, 0.717) is 16.9 Å². The fourth-order valence-corrected chi connectivity index (χ4v) is 1.56. The molecular formula is C11H10N6O2. The van der Waals surface area contributed by atoms with E-state index in [1.165, 1.54) is 19.9 Å². The zero-order valence-electron chi connectivity index (χ0n) is 10.2. The first-order chi connectivity index (χ1) is 9.01. The summed E-state index contributed by atoms with van der Waals surface area (Å²) in [4.78, 5) is 26.1. The Kier molecular flexibility index (Phi) is 3.12. The number of rotatable bonds is 2. The molecule has 0 radical (unpaired) electrons. The number of pyridine rings is 1. The van der Waals surface area contributed by atoms with Crippen molar-refractivity contribution in [3.05, 3.63) is 11.6 Å². The zero-order chi connectivity index (χ0) is 14.0. The van der Waals surface area contributed by atoms with Crippen LogP contribution in [0.3, 0.4) is 0 Å². The van der Waals surface area contributed by atoms with Crippen LogP contribution in [0.15, 0.2) is 6.07 Å². The molecule has 96 valence electrons. The summed E-state index contributed by atoms with van der Waals surface area (Å²) < 4.78 is 0. The van der Waals surface area contributed by atoms with Gasteiger partial charge in [-0.15, -0.1) is 0 Å². The number of carbonyl (C=O) groups is 2. The van der Waals surface area contributed by atoms with Gasteiger partial charge in [0.05, 0.1) is 10.9 Å². The van der Waals surface area contributed by atoms with Gasteiger partial charge in [-0.1, -0.05) is 0 Å². The number of nitrogens with zero attached hydrogens (tertiary/aromatic N) is 3. The van der Waals surface area contributed by atoms with Gasteiger partial charge in [0.15, 0.2) is 17.3 Å². The molecule has 0 saturated carbocycles. The summed E-state index contributed by atoms with van der Waals surface area (Å²) in [6, 6.07) is 3.43. The summed E-state index contributed by atoms with van der Waals surface area (Å²) in [7, 11) is 0. The standard InChI is InChI=1S/C11H10N6O2/c1-5(18)13-9-7(4-12)3-8-10(14-6(2)19)16-17-11(8)15-9/h3H,1-2H3,(H3,13,14,15,16,17,18,19). The van der Waals surface area contributed by atoms with E-state index >= 15 is 0 Å². The first kappa shape index (κ1) is 12.5. The van der Waals surface area contributed by atoms with Crippen molar-refractivity contribution < 1.29 is 9.59 Å². The molecule has 0 aromatic carbocycles. The van der Waals surface area contributed by atoms with E-state index in [4.69, 9.17) is 5.26 Å². The van der Waals surface area contributed by atoms with Gasteiger partial charge in [-0.25, -0.2) is 4.98 Å². The minimum absolute atomic E-state index is 0.153. The Bertz CT molecular complexity index is 712. The largest absolute Gasteiger partial charge is 0.310 e. The molecule has 0 atom stereocenters. The fourth-order valence-electron chi connectivity index (χ4n) is 1.56. The van der Waals surface area contributed by atoms with E-state index in [1.807, 2.05) is 6.07 Å². The summed E-state index contributed by atoms with van der Waals surface area (Å²) in [5.74, 6) is -0.163. The summed E-state index contributed by atoms with van der Waals surface area (Å²) in [6.45, 7) is 2.67. The van der Waals surface area contributed by atoms with E-state index in [9.17, 15) is 9.59 Å². The third kappa shape index (κ3) is 2.50. The van der Waals surface area contributed by atoms with Gasteiger partial charge >= 0.3 is 0 Å². The smallest absolute Gasteiger partial charge is 0.222 e. The third-order valence-corrected chi connectivity index (χ3v) is 2.26. The van der Waals surface area contributed by atoms with Crippen molar-refractivity contribution in [2.75, 3.05) is 10.6 Å². The minimum Gasteiger partial charge on any atom is -0.310 e. The summed E-state index contributed by atoms with van der Waals surface area (Å²) in [5, 5.41) is 21.0. The Morgan fingerprint density at radius 3 is 2.47 bits per heavy atom. The lowest BCUT2D eigenvalue weighted by Crippen LogP contribution is -2.09. The molecule has 8 nitrogen and oxygen atoms in total. The molecule has 0 aliphatic heterocycles. The number of fused-ring (bicyclic) bond motifs is 1. The van der Waals surface area contributed by atoms with Crippen LogP contribution in [-0.2, 0) is 9.59 Å². The Hall–Kier alpha value is -2.95. The topological polar surface area (TPSA) is 124 Å². The number of H-pyrrole nitrogens is 1. The Morgan fingerprint density at radius 1 is 1.26 bits per heavy atom. The average molecular weight is 258 g/mol. The van der Waals surface area contributed by atoms with E-state index in [2.05, 4.69) is 25.8 Å². The predicted octanol–water partition coefficient (Wildman–Crippen LogP) is 0.746. The van der Waals surface area contributed by atoms with Gasteiger partial charge in [-0.3, -0.25) is 14.7 Å². The van der Waals surface area contributed by atoms with Crippen molar-refractivity contribution in [1.29, 1.82) is 5.26 Å². The lowest BCUT2D eigenvalue weighted by molar-refractivity contribution is -0.115. The molecule has 0 spiro atoms. The normalized spacial score (nSPS) is 9.95. The van der Waals surface area contributed by atoms with Gasteiger partial charge in [0, 0.05) is 13.8 Å². The van der Waals surface area contributed by atoms with Crippen molar-refractivity contribution in [1.82, 2.24) is 15.2 Å². The molecule has 0 aliphatic rings. The van der Waals surface area contributed by atoms with Crippen LogP contribution in [0.2, 0.25) is 0 Å². The molecule has 2 rings (SSSR count). The SMILES string of the molecule is CC(=O)Nc1nc2[nH]nc(NC(C)=O)c2cc1C#N. The van der Waals surface area contributed by atoms with Crippen molar-refractivity contribution in [3.8, 4) is 6.07 Å². The highest BCUT2D eigenvalue weighted by Crippen LogP contribution is 2.24. The number of aromatic amines is 1. The van der Waals surface area contributed by atoms with Crippen molar-refractivity contribution in [2.45, 2.75) is 13.8 Å². The molecule has 0 aliphatic carbocycles. The number of carbonyl (C=O) groups excluding carboxylic acids is 2. The number of anilines is 2. The number of nitrogens with one attached hydrogen (secondary N) is 3. The lowest BCUT2D eigenvalue weighted by atomic mass is 10.2. The highest BCUT2D eigenvalue weighted by Gasteiger charge is 2.13. The number of aromatic nitrogens is 3. The van der Waals surface area contributed by atoms with Crippen molar-refractivity contribution >= 4 is 34.5 Å². The molecule has 2 amide bonds. The Labute approximate surface area is 107 Å². The molecule has 19 heavy (non-hydrogen) atoms. The molecule has 2 heterocycles. The Morgan fingerprint density at radius 2 is 1.89 bits per heavy atom. The summed E-state index contributed by atoms with van der Waals surface area (Å²) >= 11 is 0. The molecule has 0 fully saturated rings. The van der Waals surface area contributed by atoms with Crippen molar-refractivity contribution in [3.63, 3.8) is 0 Å². The molecule has 0 bridgehead atoms. The van der Waals surface area contributed by atoms with Crippen molar-refractivity contribution in [2.24, 2.45) is 0 Å². The van der Waals surface area contributed by atoms with E-state index < -0.39 is 0 Å². The summed E-state index contributed by atoms with van der Waals surface area (Å²) in [5.41, 5.74) is 0.558. The number of hydrogen-bond donors (Lipinski definition) is 3. The number of nitriles is 1. The monoisotopic (exact) mass is 258 g/mol. The van der Waals surface area contributed by atoms with Crippen LogP contribution in [0.25, 0.3) is 11.0 Å². The van der Waals surface area contributed by atoms with Gasteiger partial charge in [-0.05, 0) is 6.07 Å². The van der Waals surface area contributed by atoms with Gasteiger partial charge in [0.1, 0.15) is 6.07 Å². The zero-order valence-corrected chi connectivity index (χ0v) is 10.2. The predicted molar refractivity (Wildman–Crippen MR) is 67.2 cm³/mol. The molecule has 3 N–H and O–H groups in total. The average Bonchev–Trinajstić information content (AvgIpc) is 2.69. The second kappa shape index (κ2) is 4.73. The molecule has 2 aromatic rings.